The highest BCUT2D eigenvalue weighted by atomic mass is 35.5. The molecule has 0 unspecified atom stereocenters. The van der Waals surface area contributed by atoms with Crippen LogP contribution >= 0.6 is 23.2 Å². The summed E-state index contributed by atoms with van der Waals surface area (Å²) in [5.74, 6) is 1.18. The zero-order valence-corrected chi connectivity index (χ0v) is 15.4. The first-order valence-corrected chi connectivity index (χ1v) is 8.71. The maximum Gasteiger partial charge on any atom is 0.248 e. The Kier molecular flexibility index (Phi) is 4.66. The van der Waals surface area contributed by atoms with Gasteiger partial charge in [-0.3, -0.25) is 4.98 Å². The van der Waals surface area contributed by atoms with Gasteiger partial charge in [-0.1, -0.05) is 41.4 Å². The molecule has 27 heavy (non-hydrogen) atoms. The van der Waals surface area contributed by atoms with Crippen molar-refractivity contribution >= 4 is 51.3 Å². The highest BCUT2D eigenvalue weighted by molar-refractivity contribution is 6.42. The Hall–Kier alpha value is -3.09. The number of nitrogens with two attached hydrogens (primary N) is 1. The summed E-state index contributed by atoms with van der Waals surface area (Å²) in [6.07, 6.45) is 3.07. The van der Waals surface area contributed by atoms with Gasteiger partial charge in [-0.25, -0.2) is 4.98 Å². The Morgan fingerprint density at radius 3 is 2.63 bits per heavy atom. The molecule has 0 atom stereocenters. The van der Waals surface area contributed by atoms with Crippen molar-refractivity contribution in [2.24, 2.45) is 0 Å². The fourth-order valence-electron chi connectivity index (χ4n) is 2.53. The van der Waals surface area contributed by atoms with Gasteiger partial charge in [0.25, 0.3) is 0 Å². The van der Waals surface area contributed by atoms with Crippen LogP contribution in [0.1, 0.15) is 0 Å². The second-order valence-corrected chi connectivity index (χ2v) is 6.44. The zero-order chi connectivity index (χ0) is 18.8. The van der Waals surface area contributed by atoms with E-state index in [2.05, 4.69) is 20.3 Å². The number of rotatable bonds is 4. The molecular formula is C19H13Cl2N5O. The monoisotopic (exact) mass is 397 g/mol. The maximum atomic E-state index is 6.20. The fourth-order valence-corrected chi connectivity index (χ4v) is 2.83. The molecule has 0 radical (unpaired) electrons. The number of anilines is 3. The van der Waals surface area contributed by atoms with E-state index in [-0.39, 0.29) is 11.6 Å². The Labute approximate surface area is 164 Å². The van der Waals surface area contributed by atoms with Gasteiger partial charge < -0.3 is 15.8 Å². The molecule has 0 aliphatic heterocycles. The van der Waals surface area contributed by atoms with E-state index in [0.717, 1.165) is 10.9 Å². The molecule has 2 heterocycles. The summed E-state index contributed by atoms with van der Waals surface area (Å²) in [5, 5.41) is 4.93. The first kappa shape index (κ1) is 17.3. The molecule has 2 aromatic carbocycles. The molecule has 6 nitrogen and oxygen atoms in total. The van der Waals surface area contributed by atoms with Crippen LogP contribution in [0.15, 0.2) is 61.1 Å². The first-order valence-electron chi connectivity index (χ1n) is 7.96. The predicted octanol–water partition coefficient (Wildman–Crippen LogP) is 5.45. The van der Waals surface area contributed by atoms with E-state index >= 15 is 0 Å². The van der Waals surface area contributed by atoms with Gasteiger partial charge in [0.1, 0.15) is 17.5 Å². The van der Waals surface area contributed by atoms with Gasteiger partial charge in [0, 0.05) is 17.3 Å². The molecule has 3 N–H and O–H groups in total. The Morgan fingerprint density at radius 2 is 1.78 bits per heavy atom. The number of fused-ring (bicyclic) bond motifs is 1. The van der Waals surface area contributed by atoms with Gasteiger partial charge in [0.2, 0.25) is 5.88 Å². The van der Waals surface area contributed by atoms with Crippen LogP contribution < -0.4 is 15.8 Å². The molecular weight excluding hydrogens is 385 g/mol. The van der Waals surface area contributed by atoms with Crippen LogP contribution in [0.4, 0.5) is 17.2 Å². The number of halogens is 2. The minimum absolute atomic E-state index is 0.228. The van der Waals surface area contributed by atoms with E-state index in [1.807, 2.05) is 30.3 Å². The van der Waals surface area contributed by atoms with Crippen molar-refractivity contribution in [1.82, 2.24) is 15.0 Å². The SMILES string of the molecule is Nc1c(Nc2ccc(Cl)c(Cl)c2)ncnc1Oc1cccc2cccnc12. The molecule has 4 aromatic rings. The lowest BCUT2D eigenvalue weighted by atomic mass is 10.2. The average Bonchev–Trinajstić information content (AvgIpc) is 2.68. The van der Waals surface area contributed by atoms with E-state index in [4.69, 9.17) is 33.7 Å². The molecule has 0 aliphatic rings. The van der Waals surface area contributed by atoms with Crippen LogP contribution in [0.3, 0.4) is 0 Å². The van der Waals surface area contributed by atoms with Crippen molar-refractivity contribution in [3.8, 4) is 11.6 Å². The van der Waals surface area contributed by atoms with Gasteiger partial charge >= 0.3 is 0 Å². The standard InChI is InChI=1S/C19H13Cl2N5O/c20-13-7-6-12(9-14(13)21)26-18-16(22)19(25-10-24-18)27-15-5-1-3-11-4-2-8-23-17(11)15/h1-10H,22H2,(H,24,25,26). The van der Waals surface area contributed by atoms with Crippen molar-refractivity contribution in [2.75, 3.05) is 11.1 Å². The number of hydrogen-bond donors (Lipinski definition) is 2. The number of ether oxygens (including phenoxy) is 1. The third-order valence-electron chi connectivity index (χ3n) is 3.83. The number of nitrogens with zero attached hydrogens (tertiary/aromatic N) is 3. The number of aromatic nitrogens is 3. The summed E-state index contributed by atoms with van der Waals surface area (Å²) >= 11 is 12.0. The van der Waals surface area contributed by atoms with Crippen molar-refractivity contribution < 1.29 is 4.74 Å². The molecule has 0 saturated heterocycles. The van der Waals surface area contributed by atoms with Crippen LogP contribution in [0.25, 0.3) is 10.9 Å². The van der Waals surface area contributed by atoms with E-state index in [9.17, 15) is 0 Å². The van der Waals surface area contributed by atoms with Crippen molar-refractivity contribution in [3.63, 3.8) is 0 Å². The molecule has 4 rings (SSSR count). The first-order chi connectivity index (χ1) is 13.1. The topological polar surface area (TPSA) is 86.0 Å². The van der Waals surface area contributed by atoms with Gasteiger partial charge in [0.15, 0.2) is 11.6 Å². The van der Waals surface area contributed by atoms with E-state index in [0.29, 0.717) is 27.3 Å². The summed E-state index contributed by atoms with van der Waals surface area (Å²) < 4.78 is 5.92. The molecule has 8 heteroatoms. The summed E-state index contributed by atoms with van der Waals surface area (Å²) in [4.78, 5) is 12.7. The maximum absolute atomic E-state index is 6.20. The summed E-state index contributed by atoms with van der Waals surface area (Å²) in [5.41, 5.74) is 7.87. The lowest BCUT2D eigenvalue weighted by Gasteiger charge is -2.13. The Bertz CT molecular complexity index is 1130. The number of nitrogen functional groups attached to an aromatic ring is 1. The molecule has 0 spiro atoms. The lowest BCUT2D eigenvalue weighted by Crippen LogP contribution is -2.03. The zero-order valence-electron chi connectivity index (χ0n) is 13.9. The van der Waals surface area contributed by atoms with Gasteiger partial charge in [0.05, 0.1) is 10.0 Å². The van der Waals surface area contributed by atoms with Gasteiger partial charge in [-0.15, -0.1) is 0 Å². The third-order valence-corrected chi connectivity index (χ3v) is 4.57. The minimum atomic E-state index is 0.228. The normalized spacial score (nSPS) is 10.7. The molecule has 0 fully saturated rings. The highest BCUT2D eigenvalue weighted by Crippen LogP contribution is 2.34. The number of nitrogens with one attached hydrogen (secondary N) is 1. The van der Waals surface area contributed by atoms with Gasteiger partial charge in [-0.2, -0.15) is 4.98 Å². The number of para-hydroxylation sites is 1. The molecule has 2 aromatic heterocycles. The Morgan fingerprint density at radius 1 is 0.926 bits per heavy atom. The van der Waals surface area contributed by atoms with Crippen molar-refractivity contribution in [3.05, 3.63) is 71.1 Å². The predicted molar refractivity (Wildman–Crippen MR) is 108 cm³/mol. The van der Waals surface area contributed by atoms with Crippen LogP contribution in [0, 0.1) is 0 Å². The lowest BCUT2D eigenvalue weighted by molar-refractivity contribution is 0.469. The van der Waals surface area contributed by atoms with E-state index < -0.39 is 0 Å². The summed E-state index contributed by atoms with van der Waals surface area (Å²) in [6, 6.07) is 14.6. The molecule has 0 amide bonds. The molecule has 0 aliphatic carbocycles. The molecule has 0 bridgehead atoms. The quantitative estimate of drug-likeness (QED) is 0.476. The number of benzene rings is 2. The second-order valence-electron chi connectivity index (χ2n) is 5.63. The summed E-state index contributed by atoms with van der Waals surface area (Å²) in [6.45, 7) is 0. The number of hydrogen-bond acceptors (Lipinski definition) is 6. The van der Waals surface area contributed by atoms with Crippen molar-refractivity contribution in [2.45, 2.75) is 0 Å². The van der Waals surface area contributed by atoms with Crippen LogP contribution in [0.2, 0.25) is 10.0 Å². The number of pyridine rings is 1. The second kappa shape index (κ2) is 7.26. The van der Waals surface area contributed by atoms with Gasteiger partial charge in [-0.05, 0) is 30.3 Å². The third kappa shape index (κ3) is 3.58. The molecule has 0 saturated carbocycles. The van der Waals surface area contributed by atoms with Crippen LogP contribution in [-0.4, -0.2) is 15.0 Å². The highest BCUT2D eigenvalue weighted by Gasteiger charge is 2.13. The largest absolute Gasteiger partial charge is 0.435 e. The minimum Gasteiger partial charge on any atom is -0.435 e. The average molecular weight is 398 g/mol. The Balaban J connectivity index is 1.66. The molecule has 134 valence electrons. The van der Waals surface area contributed by atoms with Crippen LogP contribution in [0.5, 0.6) is 11.6 Å². The van der Waals surface area contributed by atoms with Crippen molar-refractivity contribution in [1.29, 1.82) is 0 Å². The van der Waals surface area contributed by atoms with E-state index in [1.54, 1.807) is 24.4 Å². The van der Waals surface area contributed by atoms with E-state index in [1.165, 1.54) is 6.33 Å². The fraction of sp³-hybridized carbons (Fsp3) is 0. The summed E-state index contributed by atoms with van der Waals surface area (Å²) in [7, 11) is 0. The van der Waals surface area contributed by atoms with Crippen LogP contribution in [-0.2, 0) is 0 Å². The smallest absolute Gasteiger partial charge is 0.248 e.